The number of fused-ring (bicyclic) bond motifs is 1. The van der Waals surface area contributed by atoms with Crippen molar-refractivity contribution in [1.82, 2.24) is 18.8 Å². The van der Waals surface area contributed by atoms with Crippen LogP contribution in [-0.2, 0) is 10.0 Å². The summed E-state index contributed by atoms with van der Waals surface area (Å²) in [7, 11) is -3.66. The fourth-order valence-corrected chi connectivity index (χ4v) is 6.02. The molecule has 1 aliphatic carbocycles. The number of hydrogen-bond acceptors (Lipinski definition) is 5. The number of rotatable bonds is 3. The molecule has 2 aliphatic rings. The van der Waals surface area contributed by atoms with Crippen molar-refractivity contribution < 1.29 is 8.42 Å². The SMILES string of the molecule is CC1CCN(S(=O)(=O)c2c(N)n(C3CCCCC3)c3nccnc23)C1. The van der Waals surface area contributed by atoms with E-state index in [1.54, 1.807) is 16.7 Å². The number of aromatic nitrogens is 3. The molecule has 2 N–H and O–H groups in total. The maximum absolute atomic E-state index is 13.3. The van der Waals surface area contributed by atoms with Gasteiger partial charge in [-0.3, -0.25) is 0 Å². The lowest BCUT2D eigenvalue weighted by Gasteiger charge is -2.25. The molecule has 136 valence electrons. The summed E-state index contributed by atoms with van der Waals surface area (Å²) >= 11 is 0. The van der Waals surface area contributed by atoms with Gasteiger partial charge in [0.2, 0.25) is 10.0 Å². The van der Waals surface area contributed by atoms with Crippen LogP contribution in [-0.4, -0.2) is 40.3 Å². The molecule has 0 amide bonds. The number of anilines is 1. The number of nitrogens with two attached hydrogens (primary N) is 1. The van der Waals surface area contributed by atoms with E-state index >= 15 is 0 Å². The van der Waals surface area contributed by atoms with Crippen LogP contribution in [0.4, 0.5) is 5.82 Å². The first-order chi connectivity index (χ1) is 12.0. The van der Waals surface area contributed by atoms with Crippen LogP contribution in [0.1, 0.15) is 51.5 Å². The molecule has 2 aromatic heterocycles. The summed E-state index contributed by atoms with van der Waals surface area (Å²) in [6.45, 7) is 3.15. The highest BCUT2D eigenvalue weighted by molar-refractivity contribution is 7.89. The first kappa shape index (κ1) is 16.8. The zero-order valence-corrected chi connectivity index (χ0v) is 15.4. The van der Waals surface area contributed by atoms with Crippen molar-refractivity contribution in [2.24, 2.45) is 5.92 Å². The second-order valence-electron chi connectivity index (χ2n) is 7.36. The minimum atomic E-state index is -3.66. The molecule has 1 atom stereocenters. The average Bonchev–Trinajstić information content (AvgIpc) is 3.17. The Kier molecular flexibility index (Phi) is 4.19. The normalized spacial score (nSPS) is 23.5. The molecule has 0 spiro atoms. The van der Waals surface area contributed by atoms with Crippen LogP contribution in [0.25, 0.3) is 11.2 Å². The van der Waals surface area contributed by atoms with Crippen LogP contribution in [0.5, 0.6) is 0 Å². The third-order valence-electron chi connectivity index (χ3n) is 5.54. The summed E-state index contributed by atoms with van der Waals surface area (Å²) in [5.41, 5.74) is 7.42. The lowest BCUT2D eigenvalue weighted by Crippen LogP contribution is -2.29. The lowest BCUT2D eigenvalue weighted by molar-refractivity contribution is 0.362. The van der Waals surface area contributed by atoms with Gasteiger partial charge in [-0.25, -0.2) is 18.4 Å². The molecular weight excluding hydrogens is 338 g/mol. The van der Waals surface area contributed by atoms with Gasteiger partial charge in [-0.05, 0) is 25.2 Å². The molecule has 1 saturated heterocycles. The Bertz CT molecular complexity index is 886. The number of sulfonamides is 1. The van der Waals surface area contributed by atoms with Crippen molar-refractivity contribution in [3.63, 3.8) is 0 Å². The number of nitrogens with zero attached hydrogens (tertiary/aromatic N) is 4. The molecule has 0 bridgehead atoms. The molecule has 2 aromatic rings. The Morgan fingerprint density at radius 3 is 2.52 bits per heavy atom. The zero-order valence-electron chi connectivity index (χ0n) is 14.6. The molecular formula is C17H25N5O2S. The highest BCUT2D eigenvalue weighted by atomic mass is 32.2. The summed E-state index contributed by atoms with van der Waals surface area (Å²) in [4.78, 5) is 8.92. The summed E-state index contributed by atoms with van der Waals surface area (Å²) in [5.74, 6) is 0.668. The van der Waals surface area contributed by atoms with Gasteiger partial charge in [0.05, 0.1) is 0 Å². The highest BCUT2D eigenvalue weighted by Crippen LogP contribution is 2.39. The Balaban J connectivity index is 1.88. The summed E-state index contributed by atoms with van der Waals surface area (Å²) in [6, 6.07) is 0.203. The van der Waals surface area contributed by atoms with E-state index in [-0.39, 0.29) is 10.9 Å². The smallest absolute Gasteiger partial charge is 0.248 e. The molecule has 3 heterocycles. The van der Waals surface area contributed by atoms with Crippen LogP contribution >= 0.6 is 0 Å². The molecule has 1 saturated carbocycles. The largest absolute Gasteiger partial charge is 0.384 e. The third-order valence-corrected chi connectivity index (χ3v) is 7.47. The maximum atomic E-state index is 13.3. The van der Waals surface area contributed by atoms with Crippen molar-refractivity contribution in [3.8, 4) is 0 Å². The topological polar surface area (TPSA) is 94.1 Å². The molecule has 0 radical (unpaired) electrons. The lowest BCUT2D eigenvalue weighted by atomic mass is 9.95. The van der Waals surface area contributed by atoms with Crippen molar-refractivity contribution >= 4 is 27.0 Å². The highest BCUT2D eigenvalue weighted by Gasteiger charge is 2.37. The predicted octanol–water partition coefficient (Wildman–Crippen LogP) is 2.55. The Morgan fingerprint density at radius 1 is 1.12 bits per heavy atom. The fraction of sp³-hybridized carbons (Fsp3) is 0.647. The molecule has 1 aliphatic heterocycles. The number of nitrogen functional groups attached to an aromatic ring is 1. The molecule has 25 heavy (non-hydrogen) atoms. The van der Waals surface area contributed by atoms with Gasteiger partial charge < -0.3 is 10.3 Å². The maximum Gasteiger partial charge on any atom is 0.248 e. The zero-order chi connectivity index (χ0) is 17.6. The monoisotopic (exact) mass is 363 g/mol. The van der Waals surface area contributed by atoms with E-state index in [0.717, 1.165) is 32.1 Å². The van der Waals surface area contributed by atoms with Gasteiger partial charge in [0.15, 0.2) is 10.5 Å². The molecule has 4 rings (SSSR count). The molecule has 0 aromatic carbocycles. The summed E-state index contributed by atoms with van der Waals surface area (Å²) in [5, 5.41) is 0. The molecule has 1 unspecified atom stereocenters. The van der Waals surface area contributed by atoms with Crippen LogP contribution in [0.3, 0.4) is 0 Å². The molecule has 2 fully saturated rings. The van der Waals surface area contributed by atoms with Crippen LogP contribution in [0, 0.1) is 5.92 Å². The van der Waals surface area contributed by atoms with E-state index in [0.29, 0.717) is 36.0 Å². The van der Waals surface area contributed by atoms with Gasteiger partial charge >= 0.3 is 0 Å². The van der Waals surface area contributed by atoms with Crippen molar-refractivity contribution in [2.45, 2.75) is 56.4 Å². The first-order valence-corrected chi connectivity index (χ1v) is 10.5. The van der Waals surface area contributed by atoms with E-state index < -0.39 is 10.0 Å². The van der Waals surface area contributed by atoms with Crippen LogP contribution < -0.4 is 5.73 Å². The van der Waals surface area contributed by atoms with Crippen molar-refractivity contribution in [2.75, 3.05) is 18.8 Å². The third kappa shape index (κ3) is 2.71. The minimum Gasteiger partial charge on any atom is -0.384 e. The van der Waals surface area contributed by atoms with E-state index in [1.165, 1.54) is 6.42 Å². The summed E-state index contributed by atoms with van der Waals surface area (Å²) < 4.78 is 30.0. The van der Waals surface area contributed by atoms with Gasteiger partial charge in [0, 0.05) is 31.5 Å². The van der Waals surface area contributed by atoms with Gasteiger partial charge in [-0.2, -0.15) is 4.31 Å². The standard InChI is InChI=1S/C17H25N5O2S/c1-12-7-10-21(11-12)25(23,24)15-14-17(20-9-8-19-14)22(16(15)18)13-5-3-2-4-6-13/h8-9,12-13H,2-7,10-11,18H2,1H3. The van der Waals surface area contributed by atoms with E-state index in [9.17, 15) is 8.42 Å². The van der Waals surface area contributed by atoms with Crippen LogP contribution in [0.2, 0.25) is 0 Å². The fourth-order valence-electron chi connectivity index (χ4n) is 4.22. The van der Waals surface area contributed by atoms with E-state index in [1.807, 2.05) is 4.57 Å². The predicted molar refractivity (Wildman–Crippen MR) is 96.6 cm³/mol. The number of hydrogen-bond donors (Lipinski definition) is 1. The summed E-state index contributed by atoms with van der Waals surface area (Å²) in [6.07, 6.45) is 9.53. The second-order valence-corrected chi connectivity index (χ2v) is 9.24. The molecule has 7 nitrogen and oxygen atoms in total. The average molecular weight is 363 g/mol. The minimum absolute atomic E-state index is 0.148. The Labute approximate surface area is 148 Å². The first-order valence-electron chi connectivity index (χ1n) is 9.10. The molecule has 8 heteroatoms. The van der Waals surface area contributed by atoms with E-state index in [2.05, 4.69) is 16.9 Å². The van der Waals surface area contributed by atoms with Crippen molar-refractivity contribution in [3.05, 3.63) is 12.4 Å². The second kappa shape index (κ2) is 6.25. The van der Waals surface area contributed by atoms with Gasteiger partial charge in [-0.1, -0.05) is 26.2 Å². The van der Waals surface area contributed by atoms with Gasteiger partial charge in [0.25, 0.3) is 0 Å². The van der Waals surface area contributed by atoms with Crippen LogP contribution in [0.15, 0.2) is 17.3 Å². The quantitative estimate of drug-likeness (QED) is 0.904. The van der Waals surface area contributed by atoms with Crippen molar-refractivity contribution in [1.29, 1.82) is 0 Å². The van der Waals surface area contributed by atoms with E-state index in [4.69, 9.17) is 5.73 Å². The van der Waals surface area contributed by atoms with Gasteiger partial charge in [-0.15, -0.1) is 0 Å². The Morgan fingerprint density at radius 2 is 1.84 bits per heavy atom. The Hall–Kier alpha value is -1.67. The van der Waals surface area contributed by atoms with Gasteiger partial charge in [0.1, 0.15) is 11.3 Å².